The highest BCUT2D eigenvalue weighted by molar-refractivity contribution is 7.92. The van der Waals surface area contributed by atoms with Crippen LogP contribution in [0.25, 0.3) is 0 Å². The molecule has 4 rings (SSSR count). The van der Waals surface area contributed by atoms with Crippen molar-refractivity contribution in [1.82, 2.24) is 10.2 Å². The number of benzene rings is 4. The van der Waals surface area contributed by atoms with Crippen LogP contribution in [0.1, 0.15) is 16.7 Å². The number of hydrogen-bond acceptors (Lipinski definition) is 5. The van der Waals surface area contributed by atoms with Gasteiger partial charge in [0.2, 0.25) is 11.8 Å². The first-order valence-corrected chi connectivity index (χ1v) is 16.4. The van der Waals surface area contributed by atoms with Crippen LogP contribution in [0.5, 0.6) is 5.75 Å². The Morgan fingerprint density at radius 3 is 2.09 bits per heavy atom. The number of nitrogens with zero attached hydrogens (tertiary/aromatic N) is 2. The maximum atomic E-state index is 14.4. The number of nitrogens with one attached hydrogen (secondary N) is 1. The summed E-state index contributed by atoms with van der Waals surface area (Å²) in [5.74, 6) is -0.786. The van der Waals surface area contributed by atoms with E-state index < -0.39 is 34.4 Å². The number of methoxy groups -OCH3 is 1. The molecule has 8 nitrogen and oxygen atoms in total. The zero-order valence-electron chi connectivity index (χ0n) is 24.8. The van der Waals surface area contributed by atoms with Crippen molar-refractivity contribution in [3.8, 4) is 5.75 Å². The third kappa shape index (κ3) is 8.10. The van der Waals surface area contributed by atoms with Crippen LogP contribution in [0.3, 0.4) is 0 Å². The van der Waals surface area contributed by atoms with E-state index in [9.17, 15) is 18.0 Å². The highest BCUT2D eigenvalue weighted by atomic mass is 35.5. The lowest BCUT2D eigenvalue weighted by Crippen LogP contribution is -2.53. The fourth-order valence-electron chi connectivity index (χ4n) is 4.75. The van der Waals surface area contributed by atoms with Crippen molar-refractivity contribution in [3.05, 3.63) is 123 Å². The van der Waals surface area contributed by atoms with Crippen LogP contribution >= 0.6 is 34.8 Å². The van der Waals surface area contributed by atoms with Gasteiger partial charge in [-0.2, -0.15) is 0 Å². The summed E-state index contributed by atoms with van der Waals surface area (Å²) in [6, 6.07) is 23.8. The van der Waals surface area contributed by atoms with Gasteiger partial charge in [-0.1, -0.05) is 88.9 Å². The van der Waals surface area contributed by atoms with Crippen LogP contribution in [0.15, 0.2) is 95.9 Å². The second-order valence-corrected chi connectivity index (χ2v) is 13.3. The van der Waals surface area contributed by atoms with Crippen LogP contribution in [0.2, 0.25) is 15.1 Å². The van der Waals surface area contributed by atoms with Crippen LogP contribution in [0, 0.1) is 6.92 Å². The van der Waals surface area contributed by atoms with Crippen LogP contribution in [-0.4, -0.2) is 51.9 Å². The minimum atomic E-state index is -4.30. The van der Waals surface area contributed by atoms with E-state index in [1.54, 1.807) is 30.3 Å². The van der Waals surface area contributed by atoms with Crippen molar-refractivity contribution >= 4 is 62.3 Å². The predicted molar refractivity (Wildman–Crippen MR) is 179 cm³/mol. The zero-order valence-corrected chi connectivity index (χ0v) is 27.9. The molecule has 0 radical (unpaired) electrons. The number of carbonyl (C=O) groups excluding carboxylic acids is 2. The smallest absolute Gasteiger partial charge is 0.264 e. The molecule has 236 valence electrons. The van der Waals surface area contributed by atoms with E-state index in [0.717, 1.165) is 15.4 Å². The molecule has 0 aliphatic carbocycles. The number of aryl methyl sites for hydroxylation is 1. The molecule has 0 heterocycles. The molecule has 0 fully saturated rings. The molecule has 0 spiro atoms. The predicted octanol–water partition coefficient (Wildman–Crippen LogP) is 6.55. The van der Waals surface area contributed by atoms with Crippen LogP contribution < -0.4 is 14.4 Å². The Morgan fingerprint density at radius 2 is 1.51 bits per heavy atom. The summed E-state index contributed by atoms with van der Waals surface area (Å²) in [6.07, 6.45) is 0.146. The molecule has 4 aromatic rings. The van der Waals surface area contributed by atoms with E-state index in [4.69, 9.17) is 39.5 Å². The molecule has 12 heteroatoms. The van der Waals surface area contributed by atoms with Crippen molar-refractivity contribution in [3.63, 3.8) is 0 Å². The number of hydrogen-bond donors (Lipinski definition) is 1. The Labute approximate surface area is 278 Å². The standard InChI is InChI=1S/C33H32Cl3N3O5S/c1-22-12-15-25(16-13-22)45(42,43)39(24-14-17-31(44-3)29(36)19-24)21-32(40)38(20-26-27(34)10-7-11-28(26)35)30(33(41)37-2)18-23-8-5-4-6-9-23/h4-17,19,30H,18,20-21H2,1-3H3,(H,37,41)/t30-/m0/s1. The molecule has 0 bridgehead atoms. The van der Waals surface area contributed by atoms with E-state index in [1.165, 1.54) is 49.4 Å². The molecule has 45 heavy (non-hydrogen) atoms. The van der Waals surface area contributed by atoms with Crippen molar-refractivity contribution in [2.24, 2.45) is 0 Å². The fourth-order valence-corrected chi connectivity index (χ4v) is 6.93. The molecular weight excluding hydrogens is 657 g/mol. The van der Waals surface area contributed by atoms with E-state index in [2.05, 4.69) is 5.32 Å². The molecule has 0 aliphatic rings. The van der Waals surface area contributed by atoms with Crippen molar-refractivity contribution in [2.75, 3.05) is 25.0 Å². The normalized spacial score (nSPS) is 11.9. The second-order valence-electron chi connectivity index (χ2n) is 10.2. The number of anilines is 1. The summed E-state index contributed by atoms with van der Waals surface area (Å²) in [5, 5.41) is 3.38. The summed E-state index contributed by atoms with van der Waals surface area (Å²) in [4.78, 5) is 29.1. The highest BCUT2D eigenvalue weighted by Crippen LogP contribution is 2.33. The van der Waals surface area contributed by atoms with Gasteiger partial charge in [0.05, 0.1) is 22.7 Å². The maximum absolute atomic E-state index is 14.4. The van der Waals surface area contributed by atoms with E-state index >= 15 is 0 Å². The third-order valence-corrected chi connectivity index (χ3v) is 10.0. The number of rotatable bonds is 12. The number of carbonyl (C=O) groups is 2. The van der Waals surface area contributed by atoms with E-state index in [1.807, 2.05) is 37.3 Å². The number of halogens is 3. The van der Waals surface area contributed by atoms with E-state index in [0.29, 0.717) is 21.4 Å². The quantitative estimate of drug-likeness (QED) is 0.182. The first kappa shape index (κ1) is 34.1. The Hall–Kier alpha value is -3.76. The zero-order chi connectivity index (χ0) is 32.7. The molecule has 0 saturated heterocycles. The summed E-state index contributed by atoms with van der Waals surface area (Å²) in [6.45, 7) is 1.01. The van der Waals surface area contributed by atoms with Gasteiger partial charge < -0.3 is 15.0 Å². The minimum Gasteiger partial charge on any atom is -0.495 e. The van der Waals surface area contributed by atoms with Gasteiger partial charge in [0.25, 0.3) is 10.0 Å². The molecule has 2 amide bonds. The summed E-state index contributed by atoms with van der Waals surface area (Å²) in [5.41, 5.74) is 2.20. The molecule has 0 aromatic heterocycles. The van der Waals surface area contributed by atoms with Gasteiger partial charge in [-0.15, -0.1) is 0 Å². The average molecular weight is 689 g/mol. The molecule has 1 atom stereocenters. The van der Waals surface area contributed by atoms with Crippen molar-refractivity contribution in [1.29, 1.82) is 0 Å². The number of amides is 2. The fraction of sp³-hybridized carbons (Fsp3) is 0.212. The summed E-state index contributed by atoms with van der Waals surface area (Å²) >= 11 is 19.4. The number of likely N-dealkylation sites (N-methyl/N-ethyl adjacent to an activating group) is 1. The molecule has 0 aliphatic heterocycles. The first-order chi connectivity index (χ1) is 21.5. The Balaban J connectivity index is 1.84. The lowest BCUT2D eigenvalue weighted by Gasteiger charge is -2.34. The highest BCUT2D eigenvalue weighted by Gasteiger charge is 2.35. The van der Waals surface area contributed by atoms with Gasteiger partial charge in [-0.05, 0) is 55.0 Å². The molecule has 0 saturated carbocycles. The molecule has 4 aromatic carbocycles. The van der Waals surface area contributed by atoms with Crippen molar-refractivity contribution < 1.29 is 22.7 Å². The van der Waals surface area contributed by atoms with Crippen molar-refractivity contribution in [2.45, 2.75) is 30.8 Å². The third-order valence-electron chi connectivity index (χ3n) is 7.22. The second kappa shape index (κ2) is 15.0. The lowest BCUT2D eigenvalue weighted by atomic mass is 10.0. The maximum Gasteiger partial charge on any atom is 0.264 e. The lowest BCUT2D eigenvalue weighted by molar-refractivity contribution is -0.139. The van der Waals surface area contributed by atoms with Gasteiger partial charge >= 0.3 is 0 Å². The molecule has 1 N–H and O–H groups in total. The number of ether oxygens (including phenoxy) is 1. The molecular formula is C33H32Cl3N3O5S. The van der Waals surface area contributed by atoms with Gasteiger partial charge in [-0.25, -0.2) is 8.42 Å². The van der Waals surface area contributed by atoms with Crippen LogP contribution in [-0.2, 0) is 32.6 Å². The number of sulfonamides is 1. The summed E-state index contributed by atoms with van der Waals surface area (Å²) in [7, 11) is -1.39. The Bertz CT molecular complexity index is 1750. The van der Waals surface area contributed by atoms with E-state index in [-0.39, 0.29) is 28.6 Å². The topological polar surface area (TPSA) is 96.0 Å². The van der Waals surface area contributed by atoms with Gasteiger partial charge in [0.1, 0.15) is 18.3 Å². The SMILES string of the molecule is CNC(=O)[C@H](Cc1ccccc1)N(Cc1c(Cl)cccc1Cl)C(=O)CN(c1ccc(OC)c(Cl)c1)S(=O)(=O)c1ccc(C)cc1. The minimum absolute atomic E-state index is 0.0272. The molecule has 0 unspecified atom stereocenters. The van der Waals surface area contributed by atoms with Crippen LogP contribution in [0.4, 0.5) is 5.69 Å². The Morgan fingerprint density at radius 1 is 0.867 bits per heavy atom. The first-order valence-electron chi connectivity index (χ1n) is 13.9. The summed E-state index contributed by atoms with van der Waals surface area (Å²) < 4.78 is 34.5. The monoisotopic (exact) mass is 687 g/mol. The van der Waals surface area contributed by atoms with Gasteiger partial charge in [-0.3, -0.25) is 13.9 Å². The largest absolute Gasteiger partial charge is 0.495 e. The average Bonchev–Trinajstić information content (AvgIpc) is 3.02. The van der Waals surface area contributed by atoms with Gasteiger partial charge in [0, 0.05) is 35.6 Å². The van der Waals surface area contributed by atoms with Gasteiger partial charge in [0.15, 0.2) is 0 Å². The Kier molecular flexibility index (Phi) is 11.4.